The Kier molecular flexibility index (Phi) is 6.79. The molecular weight excluding hydrogens is 533 g/mol. The summed E-state index contributed by atoms with van der Waals surface area (Å²) in [6.45, 7) is 0.531. The standard InChI is InChI=1S/C31H27Cl2N3O3/c32-23-11-9-19(10-12-23)20-4-1-6-22(16-20)31(13-14-31)30-34-26-8-3-15-36(18-25(26)28(38)35-30)29(39)27(37)21-5-2-7-24(33)17-21/h1-2,4-7,9-12,16-17,27,37H,3,8,13-15,18H2,(H,34,35,38). The molecule has 8 heteroatoms. The summed E-state index contributed by atoms with van der Waals surface area (Å²) in [5.74, 6) is 0.226. The molecule has 1 fully saturated rings. The second-order valence-electron chi connectivity index (χ2n) is 10.3. The van der Waals surface area contributed by atoms with Gasteiger partial charge < -0.3 is 15.0 Å². The number of rotatable bonds is 5. The van der Waals surface area contributed by atoms with Gasteiger partial charge in [-0.3, -0.25) is 9.59 Å². The summed E-state index contributed by atoms with van der Waals surface area (Å²) in [6.07, 6.45) is 1.68. The van der Waals surface area contributed by atoms with Gasteiger partial charge >= 0.3 is 0 Å². The Morgan fingerprint density at radius 3 is 2.49 bits per heavy atom. The summed E-state index contributed by atoms with van der Waals surface area (Å²) >= 11 is 12.1. The minimum Gasteiger partial charge on any atom is -0.378 e. The van der Waals surface area contributed by atoms with Crippen LogP contribution in [0.15, 0.2) is 77.6 Å². The van der Waals surface area contributed by atoms with Crippen LogP contribution in [0.3, 0.4) is 0 Å². The number of carbonyl (C=O) groups excluding carboxylic acids is 1. The summed E-state index contributed by atoms with van der Waals surface area (Å²) in [5.41, 5.74) is 4.34. The molecule has 39 heavy (non-hydrogen) atoms. The maximum absolute atomic E-state index is 13.4. The van der Waals surface area contributed by atoms with Crippen LogP contribution < -0.4 is 5.56 Å². The lowest BCUT2D eigenvalue weighted by molar-refractivity contribution is -0.141. The van der Waals surface area contributed by atoms with Crippen LogP contribution >= 0.6 is 23.2 Å². The van der Waals surface area contributed by atoms with Crippen molar-refractivity contribution in [2.75, 3.05) is 6.54 Å². The van der Waals surface area contributed by atoms with E-state index in [9.17, 15) is 14.7 Å². The molecule has 198 valence electrons. The highest BCUT2D eigenvalue weighted by molar-refractivity contribution is 6.30. The second-order valence-corrected chi connectivity index (χ2v) is 11.2. The Bertz CT molecular complexity index is 1610. The smallest absolute Gasteiger partial charge is 0.256 e. The Labute approximate surface area is 236 Å². The van der Waals surface area contributed by atoms with Gasteiger partial charge in [0.2, 0.25) is 0 Å². The van der Waals surface area contributed by atoms with Crippen LogP contribution in [0, 0.1) is 0 Å². The van der Waals surface area contributed by atoms with E-state index in [-0.39, 0.29) is 17.5 Å². The molecule has 6 rings (SSSR count). The number of aryl methyl sites for hydroxylation is 1. The van der Waals surface area contributed by atoms with E-state index >= 15 is 0 Å². The van der Waals surface area contributed by atoms with E-state index < -0.39 is 12.0 Å². The van der Waals surface area contributed by atoms with Gasteiger partial charge in [0, 0.05) is 16.6 Å². The van der Waals surface area contributed by atoms with Gasteiger partial charge in [-0.05, 0) is 72.2 Å². The number of carbonyl (C=O) groups is 1. The minimum atomic E-state index is -1.35. The van der Waals surface area contributed by atoms with Crippen LogP contribution in [0.2, 0.25) is 10.0 Å². The minimum absolute atomic E-state index is 0.105. The fraction of sp³-hybridized carbons (Fsp3) is 0.258. The second kappa shape index (κ2) is 10.3. The number of nitrogens with zero attached hydrogens (tertiary/aromatic N) is 2. The summed E-state index contributed by atoms with van der Waals surface area (Å²) in [6, 6.07) is 22.7. The van der Waals surface area contributed by atoms with Crippen LogP contribution in [0.5, 0.6) is 0 Å². The highest BCUT2D eigenvalue weighted by atomic mass is 35.5. The van der Waals surface area contributed by atoms with Gasteiger partial charge in [-0.15, -0.1) is 0 Å². The van der Waals surface area contributed by atoms with E-state index in [1.54, 1.807) is 24.3 Å². The third kappa shape index (κ3) is 5.00. The zero-order valence-corrected chi connectivity index (χ0v) is 22.7. The number of H-pyrrole nitrogens is 1. The molecule has 1 aliphatic carbocycles. The van der Waals surface area contributed by atoms with Gasteiger partial charge in [0.15, 0.2) is 6.10 Å². The summed E-state index contributed by atoms with van der Waals surface area (Å²) in [5, 5.41) is 11.9. The van der Waals surface area contributed by atoms with Gasteiger partial charge in [0.25, 0.3) is 11.5 Å². The van der Waals surface area contributed by atoms with E-state index in [0.717, 1.165) is 35.2 Å². The maximum atomic E-state index is 13.4. The van der Waals surface area contributed by atoms with Crippen molar-refractivity contribution in [3.05, 3.63) is 121 Å². The summed E-state index contributed by atoms with van der Waals surface area (Å²) in [7, 11) is 0. The third-order valence-electron chi connectivity index (χ3n) is 7.80. The molecule has 0 radical (unpaired) electrons. The fourth-order valence-corrected chi connectivity index (χ4v) is 5.78. The van der Waals surface area contributed by atoms with Crippen LogP contribution in [0.25, 0.3) is 11.1 Å². The monoisotopic (exact) mass is 559 g/mol. The van der Waals surface area contributed by atoms with E-state index in [1.807, 2.05) is 30.3 Å². The number of amides is 1. The van der Waals surface area contributed by atoms with Gasteiger partial charge in [0.05, 0.1) is 23.2 Å². The first-order valence-corrected chi connectivity index (χ1v) is 13.8. The Balaban J connectivity index is 1.28. The first-order valence-electron chi connectivity index (χ1n) is 13.1. The molecule has 0 bridgehead atoms. The van der Waals surface area contributed by atoms with Crippen molar-refractivity contribution in [1.29, 1.82) is 0 Å². The lowest BCUT2D eigenvalue weighted by Gasteiger charge is -2.24. The van der Waals surface area contributed by atoms with Gasteiger partial charge in [-0.1, -0.05) is 71.7 Å². The normalized spacial score (nSPS) is 16.7. The van der Waals surface area contributed by atoms with E-state index in [1.165, 1.54) is 4.90 Å². The van der Waals surface area contributed by atoms with Crippen molar-refractivity contribution in [3.63, 3.8) is 0 Å². The average molecular weight is 560 g/mol. The highest BCUT2D eigenvalue weighted by Gasteiger charge is 2.49. The number of hydrogen-bond acceptors (Lipinski definition) is 4. The largest absolute Gasteiger partial charge is 0.378 e. The predicted octanol–water partition coefficient (Wildman–Crippen LogP) is 5.83. The highest BCUT2D eigenvalue weighted by Crippen LogP contribution is 2.52. The predicted molar refractivity (Wildman–Crippen MR) is 152 cm³/mol. The number of benzene rings is 3. The molecule has 1 saturated carbocycles. The number of aromatic amines is 1. The van der Waals surface area contributed by atoms with E-state index in [2.05, 4.69) is 23.2 Å². The Hall–Kier alpha value is -3.45. The van der Waals surface area contributed by atoms with Crippen molar-refractivity contribution >= 4 is 29.1 Å². The molecule has 6 nitrogen and oxygen atoms in total. The molecule has 0 spiro atoms. The number of hydrogen-bond donors (Lipinski definition) is 2. The van der Waals surface area contributed by atoms with Gasteiger partial charge in [-0.25, -0.2) is 4.98 Å². The lowest BCUT2D eigenvalue weighted by atomic mass is 9.91. The van der Waals surface area contributed by atoms with Crippen molar-refractivity contribution in [2.24, 2.45) is 0 Å². The molecule has 1 atom stereocenters. The van der Waals surface area contributed by atoms with Gasteiger partial charge in [0.1, 0.15) is 5.82 Å². The quantitative estimate of drug-likeness (QED) is 0.322. The lowest BCUT2D eigenvalue weighted by Crippen LogP contribution is -2.36. The van der Waals surface area contributed by atoms with E-state index in [4.69, 9.17) is 28.2 Å². The first-order chi connectivity index (χ1) is 18.8. The molecule has 2 N–H and O–H groups in total. The van der Waals surface area contributed by atoms with Crippen molar-refractivity contribution in [3.8, 4) is 11.1 Å². The number of aliphatic hydroxyl groups excluding tert-OH is 1. The van der Waals surface area contributed by atoms with Gasteiger partial charge in [-0.2, -0.15) is 0 Å². The molecule has 2 aliphatic rings. The third-order valence-corrected chi connectivity index (χ3v) is 8.28. The van der Waals surface area contributed by atoms with Crippen molar-refractivity contribution < 1.29 is 9.90 Å². The summed E-state index contributed by atoms with van der Waals surface area (Å²) in [4.78, 5) is 36.1. The SMILES string of the molecule is O=C(C(O)c1cccc(Cl)c1)N1CCCc2nc(C3(c4cccc(-c5ccc(Cl)cc5)c4)CC3)[nH]c(=O)c2C1. The molecule has 1 amide bonds. The Morgan fingerprint density at radius 2 is 1.74 bits per heavy atom. The molecule has 1 aliphatic heterocycles. The number of halogens is 2. The molecule has 2 heterocycles. The zero-order valence-electron chi connectivity index (χ0n) is 21.2. The number of nitrogens with one attached hydrogen (secondary N) is 1. The molecule has 3 aromatic carbocycles. The molecule has 1 unspecified atom stereocenters. The Morgan fingerprint density at radius 1 is 0.974 bits per heavy atom. The fourth-order valence-electron chi connectivity index (χ4n) is 5.45. The van der Waals surface area contributed by atoms with Crippen molar-refractivity contribution in [2.45, 2.75) is 43.7 Å². The number of fused-ring (bicyclic) bond motifs is 1. The average Bonchev–Trinajstić information content (AvgIpc) is 3.77. The topological polar surface area (TPSA) is 86.3 Å². The first kappa shape index (κ1) is 25.8. The van der Waals surface area contributed by atoms with E-state index in [0.29, 0.717) is 46.4 Å². The number of aliphatic hydroxyl groups is 1. The van der Waals surface area contributed by atoms with Crippen LogP contribution in [-0.2, 0) is 23.2 Å². The van der Waals surface area contributed by atoms with Crippen molar-refractivity contribution in [1.82, 2.24) is 14.9 Å². The molecule has 0 saturated heterocycles. The van der Waals surface area contributed by atoms with Crippen LogP contribution in [0.4, 0.5) is 0 Å². The maximum Gasteiger partial charge on any atom is 0.256 e. The molecule has 4 aromatic rings. The van der Waals surface area contributed by atoms with Crippen LogP contribution in [-0.4, -0.2) is 32.4 Å². The number of aromatic nitrogens is 2. The molecule has 1 aromatic heterocycles. The molecular formula is C31H27Cl2N3O3. The zero-order chi connectivity index (χ0) is 27.1. The summed E-state index contributed by atoms with van der Waals surface area (Å²) < 4.78 is 0. The van der Waals surface area contributed by atoms with Crippen LogP contribution in [0.1, 0.15) is 53.6 Å².